The summed E-state index contributed by atoms with van der Waals surface area (Å²) in [7, 11) is 0.238. The van der Waals surface area contributed by atoms with Crippen LogP contribution >= 0.6 is 0 Å². The van der Waals surface area contributed by atoms with Crippen molar-refractivity contribution in [2.45, 2.75) is 18.5 Å². The highest BCUT2D eigenvalue weighted by Crippen LogP contribution is 2.47. The fourth-order valence-corrected chi connectivity index (χ4v) is 6.22. The SMILES string of the molecule is Cn1cc(C2CC3C4=C(N2)c2c(ccn(C)c2=O)C(CS(C)(=O)=O)=CC4=CN3c2ccccn2)cn1. The minimum atomic E-state index is -3.35. The van der Waals surface area contributed by atoms with Gasteiger partial charge in [0.05, 0.1) is 35.3 Å². The van der Waals surface area contributed by atoms with E-state index in [9.17, 15) is 13.2 Å². The average molecular weight is 503 g/mol. The van der Waals surface area contributed by atoms with Crippen LogP contribution in [0.3, 0.4) is 0 Å². The second kappa shape index (κ2) is 8.06. The first-order valence-electron chi connectivity index (χ1n) is 11.7. The van der Waals surface area contributed by atoms with Gasteiger partial charge in [0.1, 0.15) is 5.82 Å². The molecular weight excluding hydrogens is 476 g/mol. The monoisotopic (exact) mass is 502 g/mol. The molecule has 0 aromatic carbocycles. The molecule has 3 aromatic heterocycles. The lowest BCUT2D eigenvalue weighted by molar-refractivity contribution is 0.509. The van der Waals surface area contributed by atoms with E-state index < -0.39 is 9.84 Å². The Morgan fingerprint density at radius 3 is 2.72 bits per heavy atom. The molecule has 2 atom stereocenters. The lowest BCUT2D eigenvalue weighted by atomic mass is 9.86. The molecule has 2 unspecified atom stereocenters. The van der Waals surface area contributed by atoms with Crippen LogP contribution < -0.4 is 15.8 Å². The van der Waals surface area contributed by atoms with Crippen molar-refractivity contribution in [3.8, 4) is 0 Å². The number of nitrogens with zero attached hydrogens (tertiary/aromatic N) is 5. The highest BCUT2D eigenvalue weighted by molar-refractivity contribution is 7.91. The highest BCUT2D eigenvalue weighted by atomic mass is 32.2. The van der Waals surface area contributed by atoms with Crippen LogP contribution in [0.15, 0.2) is 77.3 Å². The lowest BCUT2D eigenvalue weighted by Gasteiger charge is -2.36. The van der Waals surface area contributed by atoms with Crippen LogP contribution in [0.1, 0.15) is 29.2 Å². The molecule has 3 aromatic rings. The molecule has 5 heterocycles. The molecule has 0 amide bonds. The Morgan fingerprint density at radius 1 is 1.19 bits per heavy atom. The van der Waals surface area contributed by atoms with Gasteiger partial charge < -0.3 is 14.8 Å². The first-order valence-corrected chi connectivity index (χ1v) is 13.7. The molecule has 6 rings (SSSR count). The Balaban J connectivity index is 1.62. The first kappa shape index (κ1) is 22.5. The normalized spacial score (nSPS) is 20.8. The maximum Gasteiger partial charge on any atom is 0.260 e. The third-order valence-corrected chi connectivity index (χ3v) is 7.79. The quantitative estimate of drug-likeness (QED) is 0.583. The van der Waals surface area contributed by atoms with Crippen LogP contribution in [0, 0.1) is 0 Å². The Bertz CT molecular complexity index is 1650. The van der Waals surface area contributed by atoms with E-state index in [0.717, 1.165) is 34.6 Å². The van der Waals surface area contributed by atoms with Crippen LogP contribution in [0.25, 0.3) is 11.3 Å². The van der Waals surface area contributed by atoms with Crippen molar-refractivity contribution in [2.75, 3.05) is 16.9 Å². The summed E-state index contributed by atoms with van der Waals surface area (Å²) in [6.07, 6.45) is 13.1. The lowest BCUT2D eigenvalue weighted by Crippen LogP contribution is -2.40. The zero-order valence-electron chi connectivity index (χ0n) is 20.2. The minimum absolute atomic E-state index is 0.0945. The number of allylic oxidation sites excluding steroid dienone is 1. The zero-order chi connectivity index (χ0) is 25.2. The number of anilines is 1. The van der Waals surface area contributed by atoms with Gasteiger partial charge in [-0.05, 0) is 47.4 Å². The van der Waals surface area contributed by atoms with E-state index in [1.165, 1.54) is 10.8 Å². The predicted octanol–water partition coefficient (Wildman–Crippen LogP) is 2.17. The number of pyridine rings is 2. The van der Waals surface area contributed by atoms with E-state index in [1.54, 1.807) is 24.1 Å². The molecule has 1 aliphatic carbocycles. The third kappa shape index (κ3) is 3.69. The van der Waals surface area contributed by atoms with E-state index in [-0.39, 0.29) is 23.4 Å². The van der Waals surface area contributed by atoms with Crippen LogP contribution in [0.2, 0.25) is 0 Å². The molecule has 36 heavy (non-hydrogen) atoms. The molecule has 0 saturated carbocycles. The molecule has 10 heteroatoms. The number of aromatic nitrogens is 4. The average Bonchev–Trinajstić information content (AvgIpc) is 3.40. The molecule has 0 radical (unpaired) electrons. The summed E-state index contributed by atoms with van der Waals surface area (Å²) < 4.78 is 28.1. The van der Waals surface area contributed by atoms with E-state index in [2.05, 4.69) is 20.3 Å². The van der Waals surface area contributed by atoms with Crippen molar-refractivity contribution < 1.29 is 8.42 Å². The Kier molecular flexibility index (Phi) is 5.04. The minimum Gasteiger partial charge on any atom is -0.377 e. The maximum absolute atomic E-state index is 13.6. The number of hydrogen-bond donors (Lipinski definition) is 1. The topological polar surface area (TPSA) is 102 Å². The number of sulfone groups is 1. The molecular formula is C26H26N6O3S. The number of rotatable bonds is 4. The molecule has 0 spiro atoms. The summed E-state index contributed by atoms with van der Waals surface area (Å²) in [5, 5.41) is 8.01. The van der Waals surface area contributed by atoms with Crippen LogP contribution in [-0.2, 0) is 23.9 Å². The molecule has 3 aliphatic rings. The van der Waals surface area contributed by atoms with E-state index in [0.29, 0.717) is 16.7 Å². The Labute approximate surface area is 209 Å². The van der Waals surface area contributed by atoms with Gasteiger partial charge >= 0.3 is 0 Å². The molecule has 1 N–H and O–H groups in total. The highest BCUT2D eigenvalue weighted by Gasteiger charge is 2.42. The van der Waals surface area contributed by atoms with E-state index >= 15 is 0 Å². The van der Waals surface area contributed by atoms with Gasteiger partial charge in [-0.3, -0.25) is 9.48 Å². The molecule has 184 valence electrons. The number of nitrogens with one attached hydrogen (secondary N) is 1. The first-order chi connectivity index (χ1) is 17.2. The van der Waals surface area contributed by atoms with Crippen molar-refractivity contribution in [2.24, 2.45) is 14.1 Å². The largest absolute Gasteiger partial charge is 0.377 e. The summed E-state index contributed by atoms with van der Waals surface area (Å²) in [6, 6.07) is 7.42. The van der Waals surface area contributed by atoms with Crippen LogP contribution in [0.5, 0.6) is 0 Å². The molecule has 2 aliphatic heterocycles. The van der Waals surface area contributed by atoms with Gasteiger partial charge in [-0.2, -0.15) is 5.10 Å². The van der Waals surface area contributed by atoms with Gasteiger partial charge in [0, 0.05) is 56.3 Å². The molecule has 9 nitrogen and oxygen atoms in total. The standard InChI is InChI=1S/C26H26N6O3S/c1-30-9-7-19-17(15-36(3,34)35)10-16-14-32(22-6-4-5-8-27-22)21-11-20(18-12-28-31(2)13-18)29-25(23(16)21)24(19)26(30)33/h4-10,12-14,20-21,29H,11,15H2,1-3H3. The predicted molar refractivity (Wildman–Crippen MR) is 139 cm³/mol. The Morgan fingerprint density at radius 2 is 2.03 bits per heavy atom. The van der Waals surface area contributed by atoms with Crippen molar-refractivity contribution in [1.82, 2.24) is 24.6 Å². The molecule has 0 bridgehead atoms. The summed E-state index contributed by atoms with van der Waals surface area (Å²) in [6.45, 7) is 0. The van der Waals surface area contributed by atoms with Crippen LogP contribution in [-0.4, -0.2) is 45.8 Å². The summed E-state index contributed by atoms with van der Waals surface area (Å²) in [5.41, 5.74) is 5.18. The van der Waals surface area contributed by atoms with Gasteiger partial charge in [0.25, 0.3) is 5.56 Å². The van der Waals surface area contributed by atoms with Crippen molar-refractivity contribution in [3.05, 3.63) is 99.5 Å². The van der Waals surface area contributed by atoms with Gasteiger partial charge in [0.15, 0.2) is 9.84 Å². The van der Waals surface area contributed by atoms with E-state index in [1.807, 2.05) is 56.0 Å². The third-order valence-electron chi connectivity index (χ3n) is 6.96. The smallest absolute Gasteiger partial charge is 0.260 e. The van der Waals surface area contributed by atoms with Gasteiger partial charge in [-0.15, -0.1) is 0 Å². The van der Waals surface area contributed by atoms with Crippen molar-refractivity contribution in [3.63, 3.8) is 0 Å². The molecule has 0 fully saturated rings. The Hall–Kier alpha value is -3.92. The fourth-order valence-electron chi connectivity index (χ4n) is 5.42. The second-order valence-corrected chi connectivity index (χ2v) is 11.8. The number of hydrogen-bond acceptors (Lipinski definition) is 7. The van der Waals surface area contributed by atoms with Crippen molar-refractivity contribution in [1.29, 1.82) is 0 Å². The van der Waals surface area contributed by atoms with Gasteiger partial charge in [-0.1, -0.05) is 6.07 Å². The fraction of sp³-hybridized carbons (Fsp3) is 0.269. The zero-order valence-corrected chi connectivity index (χ0v) is 21.0. The summed E-state index contributed by atoms with van der Waals surface area (Å²) in [4.78, 5) is 20.3. The molecule has 0 saturated heterocycles. The number of aryl methyl sites for hydroxylation is 2. The van der Waals surface area contributed by atoms with Gasteiger partial charge in [-0.25, -0.2) is 13.4 Å². The van der Waals surface area contributed by atoms with Crippen LogP contribution in [0.4, 0.5) is 5.82 Å². The maximum atomic E-state index is 13.6. The van der Waals surface area contributed by atoms with E-state index in [4.69, 9.17) is 0 Å². The van der Waals surface area contributed by atoms with Gasteiger partial charge in [0.2, 0.25) is 0 Å². The second-order valence-electron chi connectivity index (χ2n) is 9.62. The summed E-state index contributed by atoms with van der Waals surface area (Å²) >= 11 is 0. The summed E-state index contributed by atoms with van der Waals surface area (Å²) in [5.74, 6) is 0.631. The van der Waals surface area contributed by atoms with Crippen molar-refractivity contribution >= 4 is 26.9 Å². The number of fused-ring (bicyclic) bond motifs is 2.